The maximum atomic E-state index is 11.2. The number of aromatic nitrogens is 1. The molecule has 0 saturated carbocycles. The molecular weight excluding hydrogens is 230 g/mol. The molecule has 0 saturated heterocycles. The first kappa shape index (κ1) is 14.0. The number of hydrogen-bond donors (Lipinski definition) is 1. The highest BCUT2D eigenvalue weighted by Crippen LogP contribution is 2.23. The predicted octanol–water partition coefficient (Wildman–Crippen LogP) is 1.87. The van der Waals surface area contributed by atoms with Crippen LogP contribution in [0, 0.1) is 25.2 Å². The normalized spacial score (nSPS) is 11.7. The first-order valence-electron chi connectivity index (χ1n) is 5.76. The Morgan fingerprint density at radius 3 is 2.67 bits per heavy atom. The van der Waals surface area contributed by atoms with E-state index in [9.17, 15) is 4.79 Å². The van der Waals surface area contributed by atoms with Crippen LogP contribution in [0.2, 0.25) is 0 Å². The first-order chi connectivity index (χ1) is 8.42. The third-order valence-electron chi connectivity index (χ3n) is 2.91. The van der Waals surface area contributed by atoms with Gasteiger partial charge in [-0.05, 0) is 31.9 Å². The number of carbonyl (C=O) groups is 1. The van der Waals surface area contributed by atoms with Crippen LogP contribution in [0.4, 0.5) is 5.82 Å². The minimum Gasteiger partial charge on any atom is -0.480 e. The molecule has 0 spiro atoms. The predicted molar refractivity (Wildman–Crippen MR) is 68.5 cm³/mol. The lowest BCUT2D eigenvalue weighted by molar-refractivity contribution is -0.138. The summed E-state index contributed by atoms with van der Waals surface area (Å²) >= 11 is 0. The van der Waals surface area contributed by atoms with Crippen LogP contribution < -0.4 is 4.90 Å². The van der Waals surface area contributed by atoms with E-state index in [-0.39, 0.29) is 0 Å². The zero-order valence-electron chi connectivity index (χ0n) is 11.1. The van der Waals surface area contributed by atoms with Crippen LogP contribution in [-0.4, -0.2) is 29.1 Å². The molecule has 5 nitrogen and oxygen atoms in total. The van der Waals surface area contributed by atoms with Crippen molar-refractivity contribution in [1.29, 1.82) is 5.26 Å². The number of rotatable bonds is 4. The minimum absolute atomic E-state index is 0.433. The van der Waals surface area contributed by atoms with Gasteiger partial charge in [0.15, 0.2) is 0 Å². The number of carboxylic acid groups (broad SMARTS) is 1. The lowest BCUT2D eigenvalue weighted by atomic mass is 10.1. The van der Waals surface area contributed by atoms with Crippen molar-refractivity contribution in [3.8, 4) is 6.07 Å². The monoisotopic (exact) mass is 247 g/mol. The summed E-state index contributed by atoms with van der Waals surface area (Å²) in [7, 11) is 1.66. The van der Waals surface area contributed by atoms with Crippen LogP contribution >= 0.6 is 0 Å². The Hall–Kier alpha value is -2.09. The van der Waals surface area contributed by atoms with Crippen molar-refractivity contribution in [2.75, 3.05) is 11.9 Å². The molecule has 0 bridgehead atoms. The van der Waals surface area contributed by atoms with Crippen molar-refractivity contribution in [2.24, 2.45) is 0 Å². The van der Waals surface area contributed by atoms with E-state index in [2.05, 4.69) is 11.1 Å². The van der Waals surface area contributed by atoms with Crippen molar-refractivity contribution in [3.63, 3.8) is 0 Å². The fourth-order valence-electron chi connectivity index (χ4n) is 1.97. The summed E-state index contributed by atoms with van der Waals surface area (Å²) in [6.45, 7) is 5.45. The molecule has 0 fully saturated rings. The summed E-state index contributed by atoms with van der Waals surface area (Å²) < 4.78 is 0. The van der Waals surface area contributed by atoms with Gasteiger partial charge in [-0.25, -0.2) is 9.78 Å². The molecule has 1 aromatic heterocycles. The van der Waals surface area contributed by atoms with E-state index in [0.717, 1.165) is 11.3 Å². The van der Waals surface area contributed by atoms with Crippen LogP contribution in [0.3, 0.4) is 0 Å². The van der Waals surface area contributed by atoms with E-state index in [1.807, 2.05) is 19.9 Å². The molecule has 1 rings (SSSR count). The molecule has 18 heavy (non-hydrogen) atoms. The highest BCUT2D eigenvalue weighted by molar-refractivity contribution is 5.78. The number of anilines is 1. The molecule has 0 aliphatic carbocycles. The maximum Gasteiger partial charge on any atom is 0.326 e. The van der Waals surface area contributed by atoms with Crippen LogP contribution in [0.5, 0.6) is 0 Å². The number of carboxylic acids is 1. The van der Waals surface area contributed by atoms with Crippen LogP contribution in [0.1, 0.15) is 30.2 Å². The lowest BCUT2D eigenvalue weighted by Gasteiger charge is -2.26. The van der Waals surface area contributed by atoms with Gasteiger partial charge < -0.3 is 10.0 Å². The second kappa shape index (κ2) is 5.50. The number of pyridine rings is 1. The van der Waals surface area contributed by atoms with Crippen molar-refractivity contribution >= 4 is 11.8 Å². The molecule has 0 aliphatic heterocycles. The summed E-state index contributed by atoms with van der Waals surface area (Å²) in [5.74, 6) is -0.478. The number of aryl methyl sites for hydroxylation is 2. The van der Waals surface area contributed by atoms with Gasteiger partial charge >= 0.3 is 5.97 Å². The Morgan fingerprint density at radius 2 is 2.22 bits per heavy atom. The first-order valence-corrected chi connectivity index (χ1v) is 5.76. The number of nitrogens with zero attached hydrogens (tertiary/aromatic N) is 3. The Kier molecular flexibility index (Phi) is 4.27. The summed E-state index contributed by atoms with van der Waals surface area (Å²) in [5.41, 5.74) is 2.02. The topological polar surface area (TPSA) is 77.2 Å². The number of hydrogen-bond acceptors (Lipinski definition) is 4. The van der Waals surface area contributed by atoms with Gasteiger partial charge in [0, 0.05) is 12.7 Å². The van der Waals surface area contributed by atoms with Crippen molar-refractivity contribution in [1.82, 2.24) is 4.98 Å². The fourth-order valence-corrected chi connectivity index (χ4v) is 1.97. The van der Waals surface area contributed by atoms with Gasteiger partial charge in [-0.1, -0.05) is 6.92 Å². The van der Waals surface area contributed by atoms with Gasteiger partial charge in [0.1, 0.15) is 17.9 Å². The Bertz CT molecular complexity index is 506. The average molecular weight is 247 g/mol. The highest BCUT2D eigenvalue weighted by Gasteiger charge is 2.24. The van der Waals surface area contributed by atoms with Gasteiger partial charge in [-0.3, -0.25) is 0 Å². The maximum absolute atomic E-state index is 11.2. The zero-order chi connectivity index (χ0) is 13.9. The molecule has 96 valence electrons. The van der Waals surface area contributed by atoms with Crippen molar-refractivity contribution in [3.05, 3.63) is 22.9 Å². The van der Waals surface area contributed by atoms with E-state index in [1.165, 1.54) is 0 Å². The summed E-state index contributed by atoms with van der Waals surface area (Å²) in [5, 5.41) is 18.3. The Labute approximate surface area is 107 Å². The van der Waals surface area contributed by atoms with Crippen LogP contribution in [0.15, 0.2) is 6.07 Å². The van der Waals surface area contributed by atoms with Crippen LogP contribution in [0.25, 0.3) is 0 Å². The molecule has 0 aromatic carbocycles. The Morgan fingerprint density at radius 1 is 1.61 bits per heavy atom. The van der Waals surface area contributed by atoms with E-state index in [1.54, 1.807) is 18.9 Å². The largest absolute Gasteiger partial charge is 0.480 e. The Balaban J connectivity index is 3.32. The molecular formula is C13H17N3O2. The van der Waals surface area contributed by atoms with Gasteiger partial charge in [0.25, 0.3) is 0 Å². The molecule has 0 amide bonds. The molecule has 1 atom stereocenters. The molecule has 1 N–H and O–H groups in total. The van der Waals surface area contributed by atoms with Gasteiger partial charge in [0.05, 0.1) is 5.56 Å². The lowest BCUT2D eigenvalue weighted by Crippen LogP contribution is -2.39. The minimum atomic E-state index is -0.912. The van der Waals surface area contributed by atoms with Crippen molar-refractivity contribution < 1.29 is 9.90 Å². The standard InChI is InChI=1S/C13H17N3O2/c1-5-11(13(17)18)16(4)12-10(7-14)8(2)6-9(3)15-12/h6,11H,5H2,1-4H3,(H,17,18). The van der Waals surface area contributed by atoms with Gasteiger partial charge in [0.2, 0.25) is 0 Å². The molecule has 5 heteroatoms. The van der Waals surface area contributed by atoms with Gasteiger partial charge in [-0.2, -0.15) is 5.26 Å². The summed E-state index contributed by atoms with van der Waals surface area (Å²) in [6, 6.07) is 3.23. The quantitative estimate of drug-likeness (QED) is 0.878. The van der Waals surface area contributed by atoms with E-state index >= 15 is 0 Å². The van der Waals surface area contributed by atoms with Crippen molar-refractivity contribution in [2.45, 2.75) is 33.2 Å². The van der Waals surface area contributed by atoms with E-state index in [0.29, 0.717) is 17.8 Å². The van der Waals surface area contributed by atoms with Crippen LogP contribution in [-0.2, 0) is 4.79 Å². The second-order valence-electron chi connectivity index (χ2n) is 4.26. The fraction of sp³-hybridized carbons (Fsp3) is 0.462. The molecule has 0 aliphatic rings. The summed E-state index contributed by atoms with van der Waals surface area (Å²) in [4.78, 5) is 17.0. The van der Waals surface area contributed by atoms with Gasteiger partial charge in [-0.15, -0.1) is 0 Å². The third kappa shape index (κ3) is 2.59. The molecule has 1 aromatic rings. The molecule has 1 heterocycles. The smallest absolute Gasteiger partial charge is 0.326 e. The molecule has 0 radical (unpaired) electrons. The number of nitriles is 1. The second-order valence-corrected chi connectivity index (χ2v) is 4.26. The molecule has 1 unspecified atom stereocenters. The zero-order valence-corrected chi connectivity index (χ0v) is 11.1. The van der Waals surface area contributed by atoms with E-state index < -0.39 is 12.0 Å². The average Bonchev–Trinajstić information content (AvgIpc) is 2.28. The van der Waals surface area contributed by atoms with E-state index in [4.69, 9.17) is 10.4 Å². The third-order valence-corrected chi connectivity index (χ3v) is 2.91. The summed E-state index contributed by atoms with van der Waals surface area (Å²) in [6.07, 6.45) is 0.450. The number of aliphatic carboxylic acids is 1. The highest BCUT2D eigenvalue weighted by atomic mass is 16.4. The number of likely N-dealkylation sites (N-methyl/N-ethyl adjacent to an activating group) is 1. The SMILES string of the molecule is CCC(C(=O)O)N(C)c1nc(C)cc(C)c1C#N.